The van der Waals surface area contributed by atoms with Crippen molar-refractivity contribution in [2.45, 2.75) is 19.9 Å². The highest BCUT2D eigenvalue weighted by Crippen LogP contribution is 2.28. The highest BCUT2D eigenvalue weighted by atomic mass is 32.1. The molecule has 0 saturated heterocycles. The number of rotatable bonds is 5. The van der Waals surface area contributed by atoms with Crippen LogP contribution in [0.1, 0.15) is 17.4 Å². The van der Waals surface area contributed by atoms with Gasteiger partial charge in [0.15, 0.2) is 0 Å². The molecule has 0 fully saturated rings. The first-order valence-corrected chi connectivity index (χ1v) is 8.10. The van der Waals surface area contributed by atoms with E-state index < -0.39 is 6.03 Å². The Morgan fingerprint density at radius 2 is 2.04 bits per heavy atom. The van der Waals surface area contributed by atoms with Crippen LogP contribution in [0.4, 0.5) is 16.3 Å². The average Bonchev–Trinajstić information content (AvgIpc) is 2.97. The topological polar surface area (TPSA) is 92.9 Å². The summed E-state index contributed by atoms with van der Waals surface area (Å²) in [5.74, 6) is 0.838. The minimum Gasteiger partial charge on any atom is -0.365 e. The molecule has 4 N–H and O–H groups in total. The third kappa shape index (κ3) is 3.57. The van der Waals surface area contributed by atoms with Gasteiger partial charge >= 0.3 is 6.03 Å². The predicted molar refractivity (Wildman–Crippen MR) is 93.8 cm³/mol. The summed E-state index contributed by atoms with van der Waals surface area (Å²) in [7, 11) is 0. The minimum absolute atomic E-state index is 0.566. The number of aryl methyl sites for hydroxylation is 1. The smallest absolute Gasteiger partial charge is 0.316 e. The summed E-state index contributed by atoms with van der Waals surface area (Å²) in [6.45, 7) is 2.77. The van der Waals surface area contributed by atoms with E-state index in [0.717, 1.165) is 28.0 Å². The Bertz CT molecular complexity index is 828. The molecule has 2 heterocycles. The summed E-state index contributed by atoms with van der Waals surface area (Å²) in [5.41, 5.74) is 6.85. The average molecular weight is 327 g/mol. The van der Waals surface area contributed by atoms with Crippen LogP contribution in [-0.4, -0.2) is 16.0 Å². The van der Waals surface area contributed by atoms with Crippen molar-refractivity contribution in [1.82, 2.24) is 9.97 Å². The molecule has 0 radical (unpaired) electrons. The van der Waals surface area contributed by atoms with E-state index in [4.69, 9.17) is 5.73 Å². The van der Waals surface area contributed by atoms with E-state index >= 15 is 0 Å². The van der Waals surface area contributed by atoms with E-state index in [9.17, 15) is 4.79 Å². The number of benzene rings is 1. The van der Waals surface area contributed by atoms with Crippen molar-refractivity contribution in [3.05, 3.63) is 47.1 Å². The number of fused-ring (bicyclic) bond motifs is 1. The lowest BCUT2D eigenvalue weighted by atomic mass is 10.2. The predicted octanol–water partition coefficient (Wildman–Crippen LogP) is 3.36. The van der Waals surface area contributed by atoms with Crippen molar-refractivity contribution in [1.29, 1.82) is 0 Å². The number of carbonyl (C=O) groups excluding carboxylic acids is 1. The third-order valence-electron chi connectivity index (χ3n) is 3.41. The molecule has 7 heteroatoms. The molecule has 0 atom stereocenters. The van der Waals surface area contributed by atoms with Gasteiger partial charge < -0.3 is 16.4 Å². The number of hydrogen-bond donors (Lipinski definition) is 3. The van der Waals surface area contributed by atoms with Crippen LogP contribution < -0.4 is 16.4 Å². The highest BCUT2D eigenvalue weighted by Gasteiger charge is 2.07. The summed E-state index contributed by atoms with van der Waals surface area (Å²) in [5, 5.41) is 6.94. The summed E-state index contributed by atoms with van der Waals surface area (Å²) < 4.78 is 0. The Hall–Kier alpha value is -2.67. The molecule has 2 amide bonds. The van der Waals surface area contributed by atoms with Crippen molar-refractivity contribution in [3.8, 4) is 0 Å². The van der Waals surface area contributed by atoms with E-state index in [1.807, 2.05) is 24.3 Å². The quantitative estimate of drug-likeness (QED) is 0.670. The van der Waals surface area contributed by atoms with Crippen LogP contribution in [-0.2, 0) is 13.0 Å². The highest BCUT2D eigenvalue weighted by molar-refractivity contribution is 7.18. The summed E-state index contributed by atoms with van der Waals surface area (Å²) in [4.78, 5) is 21.8. The first kappa shape index (κ1) is 15.2. The molecular formula is C16H17N5OS. The number of primary amides is 1. The largest absolute Gasteiger partial charge is 0.365 e. The number of carbonyl (C=O) groups is 1. The van der Waals surface area contributed by atoms with Gasteiger partial charge in [-0.25, -0.2) is 14.8 Å². The fourth-order valence-electron chi connectivity index (χ4n) is 2.25. The molecule has 118 valence electrons. The van der Waals surface area contributed by atoms with Gasteiger partial charge in [0.2, 0.25) is 0 Å². The lowest BCUT2D eigenvalue weighted by Crippen LogP contribution is -2.19. The maximum absolute atomic E-state index is 10.8. The van der Waals surface area contributed by atoms with Crippen molar-refractivity contribution >= 4 is 39.1 Å². The van der Waals surface area contributed by atoms with Crippen molar-refractivity contribution < 1.29 is 4.79 Å². The van der Waals surface area contributed by atoms with E-state index in [2.05, 4.69) is 33.6 Å². The van der Waals surface area contributed by atoms with Crippen LogP contribution in [0, 0.1) is 0 Å². The molecule has 0 bridgehead atoms. The Morgan fingerprint density at radius 1 is 1.26 bits per heavy atom. The fraction of sp³-hybridized carbons (Fsp3) is 0.188. The van der Waals surface area contributed by atoms with E-state index in [-0.39, 0.29) is 0 Å². The zero-order valence-electron chi connectivity index (χ0n) is 12.7. The lowest BCUT2D eigenvalue weighted by molar-refractivity contribution is 0.259. The van der Waals surface area contributed by atoms with E-state index in [1.54, 1.807) is 17.7 Å². The number of nitrogens with one attached hydrogen (secondary N) is 2. The van der Waals surface area contributed by atoms with Gasteiger partial charge in [0.05, 0.1) is 5.39 Å². The van der Waals surface area contributed by atoms with Gasteiger partial charge in [-0.15, -0.1) is 11.3 Å². The third-order valence-corrected chi connectivity index (χ3v) is 4.60. The number of aromatic nitrogens is 2. The van der Waals surface area contributed by atoms with Gasteiger partial charge in [-0.3, -0.25) is 0 Å². The molecule has 0 saturated carbocycles. The normalized spacial score (nSPS) is 10.7. The van der Waals surface area contributed by atoms with Crippen LogP contribution in [0.25, 0.3) is 10.2 Å². The minimum atomic E-state index is -0.566. The molecule has 3 rings (SSSR count). The molecular weight excluding hydrogens is 310 g/mol. The van der Waals surface area contributed by atoms with Gasteiger partial charge in [0.25, 0.3) is 0 Å². The standard InChI is InChI=1S/C16H17N5OS/c1-2-12-7-13-14(19-9-20-15(13)23-12)18-8-10-3-5-11(6-4-10)21-16(17)22/h3-7,9H,2,8H2,1H3,(H3,17,21,22)(H,18,19,20). The van der Waals surface area contributed by atoms with Crippen molar-refractivity contribution in [2.75, 3.05) is 10.6 Å². The maximum atomic E-state index is 10.8. The van der Waals surface area contributed by atoms with E-state index in [1.165, 1.54) is 4.88 Å². The zero-order valence-corrected chi connectivity index (χ0v) is 13.5. The number of anilines is 2. The first-order valence-electron chi connectivity index (χ1n) is 7.28. The van der Waals surface area contributed by atoms with Crippen molar-refractivity contribution in [3.63, 3.8) is 0 Å². The summed E-state index contributed by atoms with van der Waals surface area (Å²) in [6, 6.07) is 9.07. The molecule has 0 spiro atoms. The molecule has 0 aliphatic rings. The van der Waals surface area contributed by atoms with Gasteiger partial charge in [-0.1, -0.05) is 19.1 Å². The zero-order chi connectivity index (χ0) is 16.2. The second kappa shape index (κ2) is 6.62. The second-order valence-electron chi connectivity index (χ2n) is 5.05. The number of nitrogens with zero attached hydrogens (tertiary/aromatic N) is 2. The van der Waals surface area contributed by atoms with Crippen molar-refractivity contribution in [2.24, 2.45) is 5.73 Å². The molecule has 6 nitrogen and oxygen atoms in total. The number of nitrogens with two attached hydrogens (primary N) is 1. The molecule has 0 unspecified atom stereocenters. The molecule has 1 aromatic carbocycles. The fourth-order valence-corrected chi connectivity index (χ4v) is 3.19. The van der Waals surface area contributed by atoms with Gasteiger partial charge in [0, 0.05) is 17.1 Å². The monoisotopic (exact) mass is 327 g/mol. The number of hydrogen-bond acceptors (Lipinski definition) is 5. The first-order chi connectivity index (χ1) is 11.2. The van der Waals surface area contributed by atoms with E-state index in [0.29, 0.717) is 12.2 Å². The Labute approximate surface area is 137 Å². The SMILES string of the molecule is CCc1cc2c(NCc3ccc(NC(N)=O)cc3)ncnc2s1. The van der Waals surface area contributed by atoms with Crippen LogP contribution >= 0.6 is 11.3 Å². The molecule has 2 aromatic heterocycles. The summed E-state index contributed by atoms with van der Waals surface area (Å²) >= 11 is 1.70. The summed E-state index contributed by atoms with van der Waals surface area (Å²) in [6.07, 6.45) is 2.58. The molecule has 23 heavy (non-hydrogen) atoms. The van der Waals surface area contributed by atoms with Crippen LogP contribution in [0.3, 0.4) is 0 Å². The second-order valence-corrected chi connectivity index (χ2v) is 6.16. The van der Waals surface area contributed by atoms with Crippen LogP contribution in [0.2, 0.25) is 0 Å². The van der Waals surface area contributed by atoms with Gasteiger partial charge in [-0.05, 0) is 30.2 Å². The number of amides is 2. The lowest BCUT2D eigenvalue weighted by Gasteiger charge is -2.07. The molecule has 3 aromatic rings. The number of thiophene rings is 1. The molecule has 0 aliphatic carbocycles. The Morgan fingerprint density at radius 3 is 2.74 bits per heavy atom. The Balaban J connectivity index is 1.73. The van der Waals surface area contributed by atoms with Gasteiger partial charge in [0.1, 0.15) is 17.0 Å². The van der Waals surface area contributed by atoms with Crippen LogP contribution in [0.5, 0.6) is 0 Å². The maximum Gasteiger partial charge on any atom is 0.316 e. The molecule has 0 aliphatic heterocycles. The Kier molecular flexibility index (Phi) is 4.38. The number of urea groups is 1. The van der Waals surface area contributed by atoms with Crippen LogP contribution in [0.15, 0.2) is 36.7 Å². The van der Waals surface area contributed by atoms with Gasteiger partial charge in [-0.2, -0.15) is 0 Å².